The Kier molecular flexibility index (Phi) is 2.84. The molecule has 3 N–H and O–H groups in total. The van der Waals surface area contributed by atoms with Gasteiger partial charge < -0.3 is 11.1 Å². The molecule has 2 heterocycles. The van der Waals surface area contributed by atoms with Gasteiger partial charge in [-0.1, -0.05) is 12.1 Å². The zero-order valence-corrected chi connectivity index (χ0v) is 10.1. The van der Waals surface area contributed by atoms with Crippen molar-refractivity contribution in [2.75, 3.05) is 11.1 Å². The summed E-state index contributed by atoms with van der Waals surface area (Å²) >= 11 is 0. The molecule has 0 spiro atoms. The largest absolute Gasteiger partial charge is 0.379 e. The molecule has 0 saturated heterocycles. The maximum atomic E-state index is 12.0. The van der Waals surface area contributed by atoms with E-state index in [1.165, 1.54) is 17.3 Å². The van der Waals surface area contributed by atoms with E-state index < -0.39 is 5.91 Å². The van der Waals surface area contributed by atoms with Gasteiger partial charge in [-0.05, 0) is 22.4 Å². The smallest absolute Gasteiger partial charge is 0.281 e. The molecule has 0 bridgehead atoms. The summed E-state index contributed by atoms with van der Waals surface area (Å²) in [4.78, 5) is 15.9. The Morgan fingerprint density at radius 3 is 2.85 bits per heavy atom. The summed E-state index contributed by atoms with van der Waals surface area (Å²) in [5.74, 6) is -0.586. The number of carbonyl (C=O) groups excluding carboxylic acids is 1. The molecule has 9 heteroatoms. The van der Waals surface area contributed by atoms with Crippen molar-refractivity contribution >= 4 is 17.4 Å². The summed E-state index contributed by atoms with van der Waals surface area (Å²) in [7, 11) is 0. The predicted octanol–water partition coefficient (Wildman–Crippen LogP) is 0.485. The van der Waals surface area contributed by atoms with Crippen molar-refractivity contribution in [2.45, 2.75) is 0 Å². The van der Waals surface area contributed by atoms with Crippen LogP contribution in [-0.2, 0) is 0 Å². The van der Waals surface area contributed by atoms with Crippen molar-refractivity contribution in [3.63, 3.8) is 0 Å². The molecule has 9 nitrogen and oxygen atoms in total. The van der Waals surface area contributed by atoms with Crippen molar-refractivity contribution in [1.29, 1.82) is 0 Å². The standard InChI is InChI=1S/C11H9N7O2/c12-10-9(16-20-17-10)11(19)15-7-3-1-2-4-8(7)18-6-13-5-14-18/h1-6H,(H2,12,17)(H,15,19). The van der Waals surface area contributed by atoms with E-state index in [0.29, 0.717) is 11.4 Å². The van der Waals surface area contributed by atoms with Crippen LogP contribution in [0.3, 0.4) is 0 Å². The third-order valence-electron chi connectivity index (χ3n) is 2.55. The molecule has 0 unspecified atom stereocenters. The van der Waals surface area contributed by atoms with Crippen molar-refractivity contribution in [3.05, 3.63) is 42.6 Å². The lowest BCUT2D eigenvalue weighted by atomic mass is 10.2. The van der Waals surface area contributed by atoms with Gasteiger partial charge in [0.2, 0.25) is 11.5 Å². The van der Waals surface area contributed by atoms with Gasteiger partial charge in [0.1, 0.15) is 12.7 Å². The van der Waals surface area contributed by atoms with Gasteiger partial charge in [-0.15, -0.1) is 0 Å². The number of hydrogen-bond donors (Lipinski definition) is 2. The van der Waals surface area contributed by atoms with Crippen molar-refractivity contribution < 1.29 is 9.42 Å². The zero-order valence-electron chi connectivity index (χ0n) is 10.1. The normalized spacial score (nSPS) is 10.4. The highest BCUT2D eigenvalue weighted by atomic mass is 16.6. The molecule has 0 aliphatic rings. The summed E-state index contributed by atoms with van der Waals surface area (Å²) < 4.78 is 5.92. The molecule has 100 valence electrons. The Bertz CT molecular complexity index is 735. The van der Waals surface area contributed by atoms with Crippen molar-refractivity contribution in [1.82, 2.24) is 25.1 Å². The Morgan fingerprint density at radius 2 is 2.15 bits per heavy atom. The van der Waals surface area contributed by atoms with Gasteiger partial charge in [-0.2, -0.15) is 5.10 Å². The quantitative estimate of drug-likeness (QED) is 0.709. The van der Waals surface area contributed by atoms with Gasteiger partial charge in [0.05, 0.1) is 11.4 Å². The van der Waals surface area contributed by atoms with Crippen LogP contribution in [-0.4, -0.2) is 31.0 Å². The number of nitrogens with one attached hydrogen (secondary N) is 1. The van der Waals surface area contributed by atoms with Gasteiger partial charge >= 0.3 is 0 Å². The summed E-state index contributed by atoms with van der Waals surface area (Å²) in [6.45, 7) is 0. The Labute approximate surface area is 112 Å². The number of carbonyl (C=O) groups is 1. The second kappa shape index (κ2) is 4.80. The number of para-hydroxylation sites is 2. The fraction of sp³-hybridized carbons (Fsp3) is 0. The monoisotopic (exact) mass is 271 g/mol. The van der Waals surface area contributed by atoms with Gasteiger partial charge in [-0.25, -0.2) is 14.3 Å². The summed E-state index contributed by atoms with van der Waals surface area (Å²) in [5, 5.41) is 13.5. The summed E-state index contributed by atoms with van der Waals surface area (Å²) in [5.41, 5.74) is 6.59. The van der Waals surface area contributed by atoms with Crippen LogP contribution in [0, 0.1) is 0 Å². The fourth-order valence-corrected chi connectivity index (χ4v) is 1.65. The average molecular weight is 271 g/mol. The molecule has 1 aromatic carbocycles. The number of benzene rings is 1. The van der Waals surface area contributed by atoms with E-state index in [4.69, 9.17) is 5.73 Å². The second-order valence-electron chi connectivity index (χ2n) is 3.81. The van der Waals surface area contributed by atoms with E-state index >= 15 is 0 Å². The maximum Gasteiger partial charge on any atom is 0.281 e. The number of amides is 1. The molecular formula is C11H9N7O2. The molecule has 0 fully saturated rings. The van der Waals surface area contributed by atoms with Crippen LogP contribution < -0.4 is 11.1 Å². The minimum atomic E-state index is -0.517. The summed E-state index contributed by atoms with van der Waals surface area (Å²) in [6, 6.07) is 7.10. The number of rotatable bonds is 3. The van der Waals surface area contributed by atoms with Crippen molar-refractivity contribution in [3.8, 4) is 5.69 Å². The molecule has 3 aromatic rings. The lowest BCUT2D eigenvalue weighted by Gasteiger charge is -2.09. The average Bonchev–Trinajstić information content (AvgIpc) is 3.10. The van der Waals surface area contributed by atoms with Gasteiger partial charge in [0.25, 0.3) is 5.91 Å². The minimum absolute atomic E-state index is 0.0688. The van der Waals surface area contributed by atoms with E-state index in [1.807, 2.05) is 6.07 Å². The van der Waals surface area contributed by atoms with Gasteiger partial charge in [-0.3, -0.25) is 4.79 Å². The molecule has 3 rings (SSSR count). The highest BCUT2D eigenvalue weighted by Crippen LogP contribution is 2.19. The van der Waals surface area contributed by atoms with Crippen LogP contribution in [0.2, 0.25) is 0 Å². The summed E-state index contributed by atoms with van der Waals surface area (Å²) in [6.07, 6.45) is 2.93. The first-order chi connectivity index (χ1) is 9.75. The molecule has 0 aliphatic heterocycles. The molecule has 2 aromatic heterocycles. The zero-order chi connectivity index (χ0) is 13.9. The van der Waals surface area contributed by atoms with Gasteiger partial charge in [0, 0.05) is 0 Å². The topological polar surface area (TPSA) is 125 Å². The first-order valence-corrected chi connectivity index (χ1v) is 5.59. The SMILES string of the molecule is Nc1nonc1C(=O)Nc1ccccc1-n1cncn1. The highest BCUT2D eigenvalue weighted by molar-refractivity contribution is 6.06. The van der Waals surface area contributed by atoms with Crippen molar-refractivity contribution in [2.24, 2.45) is 0 Å². The van der Waals surface area contributed by atoms with E-state index in [1.54, 1.807) is 18.2 Å². The number of nitrogens with zero attached hydrogens (tertiary/aromatic N) is 5. The lowest BCUT2D eigenvalue weighted by molar-refractivity contribution is 0.101. The third kappa shape index (κ3) is 2.07. The number of nitrogen functional groups attached to an aromatic ring is 1. The molecule has 0 aliphatic carbocycles. The van der Waals surface area contributed by atoms with Crippen LogP contribution in [0.25, 0.3) is 5.69 Å². The Morgan fingerprint density at radius 1 is 1.30 bits per heavy atom. The first kappa shape index (κ1) is 11.8. The molecule has 0 atom stereocenters. The van der Waals surface area contributed by atoms with Crippen LogP contribution in [0.15, 0.2) is 41.5 Å². The number of aromatic nitrogens is 5. The van der Waals surface area contributed by atoms with Crippen LogP contribution in [0.5, 0.6) is 0 Å². The Balaban J connectivity index is 1.92. The second-order valence-corrected chi connectivity index (χ2v) is 3.81. The predicted molar refractivity (Wildman–Crippen MR) is 68.0 cm³/mol. The number of hydrogen-bond acceptors (Lipinski definition) is 7. The highest BCUT2D eigenvalue weighted by Gasteiger charge is 2.17. The van der Waals surface area contributed by atoms with Crippen LogP contribution in [0.4, 0.5) is 11.5 Å². The fourth-order valence-electron chi connectivity index (χ4n) is 1.65. The van der Waals surface area contributed by atoms with E-state index in [0.717, 1.165) is 0 Å². The van der Waals surface area contributed by atoms with Crippen LogP contribution >= 0.6 is 0 Å². The molecule has 0 radical (unpaired) electrons. The van der Waals surface area contributed by atoms with Crippen LogP contribution in [0.1, 0.15) is 10.5 Å². The molecule has 0 saturated carbocycles. The number of nitrogens with two attached hydrogens (primary N) is 1. The molecule has 1 amide bonds. The Hall–Kier alpha value is -3.23. The van der Waals surface area contributed by atoms with E-state index in [9.17, 15) is 4.79 Å². The molecular weight excluding hydrogens is 262 g/mol. The molecule has 20 heavy (non-hydrogen) atoms. The first-order valence-electron chi connectivity index (χ1n) is 5.59. The van der Waals surface area contributed by atoms with E-state index in [2.05, 4.69) is 30.3 Å². The number of anilines is 2. The van der Waals surface area contributed by atoms with Gasteiger partial charge in [0.15, 0.2) is 0 Å². The third-order valence-corrected chi connectivity index (χ3v) is 2.55. The van der Waals surface area contributed by atoms with E-state index in [-0.39, 0.29) is 11.5 Å². The minimum Gasteiger partial charge on any atom is -0.379 e. The maximum absolute atomic E-state index is 12.0. The lowest BCUT2D eigenvalue weighted by Crippen LogP contribution is -2.16.